The highest BCUT2D eigenvalue weighted by Gasteiger charge is 2.33. The highest BCUT2D eigenvalue weighted by Crippen LogP contribution is 2.27. The van der Waals surface area contributed by atoms with Crippen LogP contribution in [0.15, 0.2) is 5.18 Å². The third kappa shape index (κ3) is 2.61. The second kappa shape index (κ2) is 3.85. The number of nitroso groups, excluding NO2 is 1. The largest absolute Gasteiger partial charge is 0.297 e. The number of thioether (sulfide) groups is 1. The van der Waals surface area contributed by atoms with Gasteiger partial charge in [-0.1, -0.05) is 5.18 Å². The third-order valence-corrected chi connectivity index (χ3v) is 2.95. The van der Waals surface area contributed by atoms with Crippen molar-refractivity contribution in [3.63, 3.8) is 0 Å². The maximum Gasteiger partial charge on any atom is 0.164 e. The molecule has 0 aromatic carbocycles. The van der Waals surface area contributed by atoms with Crippen molar-refractivity contribution < 1.29 is 4.79 Å². The summed E-state index contributed by atoms with van der Waals surface area (Å²) in [5, 5.41) is 2.81. The van der Waals surface area contributed by atoms with Gasteiger partial charge in [0.25, 0.3) is 0 Å². The fraction of sp³-hybridized carbons (Fsp3) is 0.857. The van der Waals surface area contributed by atoms with Gasteiger partial charge in [0, 0.05) is 4.75 Å². The van der Waals surface area contributed by atoms with Crippen LogP contribution in [-0.4, -0.2) is 22.8 Å². The molecular formula is C7H13NO2S. The van der Waals surface area contributed by atoms with Crippen molar-refractivity contribution in [1.82, 2.24) is 0 Å². The summed E-state index contributed by atoms with van der Waals surface area (Å²) in [6.45, 7) is 5.07. The summed E-state index contributed by atoms with van der Waals surface area (Å²) >= 11 is 1.47. The molecule has 0 radical (unpaired) electrons. The number of rotatable bonds is 4. The number of ketones is 1. The monoisotopic (exact) mass is 175 g/mol. The molecule has 3 nitrogen and oxygen atoms in total. The Morgan fingerprint density at radius 1 is 1.55 bits per heavy atom. The summed E-state index contributed by atoms with van der Waals surface area (Å²) in [6.07, 6.45) is 1.86. The van der Waals surface area contributed by atoms with Crippen molar-refractivity contribution in [2.75, 3.05) is 6.26 Å². The molecule has 11 heavy (non-hydrogen) atoms. The first-order valence-electron chi connectivity index (χ1n) is 3.33. The quantitative estimate of drug-likeness (QED) is 0.612. The maximum atomic E-state index is 10.9. The van der Waals surface area contributed by atoms with Crippen molar-refractivity contribution in [2.45, 2.75) is 31.6 Å². The number of hydrogen-bond acceptors (Lipinski definition) is 4. The standard InChI is InChI=1S/C7H13NO2S/c1-5(9)6(8-10)7(2,3)11-4/h6H,1-4H3/t6-/m1/s1. The molecular weight excluding hydrogens is 162 g/mol. The minimum absolute atomic E-state index is 0.167. The van der Waals surface area contributed by atoms with Crippen LogP contribution in [0.2, 0.25) is 0 Å². The zero-order valence-corrected chi connectivity index (χ0v) is 8.07. The molecule has 0 amide bonds. The Kier molecular flexibility index (Phi) is 3.72. The average molecular weight is 175 g/mol. The van der Waals surface area contributed by atoms with Crippen LogP contribution in [-0.2, 0) is 4.79 Å². The Morgan fingerprint density at radius 2 is 2.00 bits per heavy atom. The summed E-state index contributed by atoms with van der Waals surface area (Å²) in [4.78, 5) is 21.1. The van der Waals surface area contributed by atoms with Gasteiger partial charge in [0.05, 0.1) is 0 Å². The molecule has 0 aromatic rings. The van der Waals surface area contributed by atoms with E-state index in [9.17, 15) is 9.70 Å². The molecule has 0 aromatic heterocycles. The minimum atomic E-state index is -0.725. The molecule has 0 fully saturated rings. The third-order valence-electron chi connectivity index (χ3n) is 1.68. The first-order chi connectivity index (χ1) is 4.95. The van der Waals surface area contributed by atoms with Crippen LogP contribution in [0.1, 0.15) is 20.8 Å². The zero-order chi connectivity index (χ0) is 9.07. The fourth-order valence-electron chi connectivity index (χ4n) is 0.802. The smallest absolute Gasteiger partial charge is 0.164 e. The van der Waals surface area contributed by atoms with Crippen LogP contribution in [0.25, 0.3) is 0 Å². The number of hydrogen-bond donors (Lipinski definition) is 0. The van der Waals surface area contributed by atoms with Crippen LogP contribution >= 0.6 is 11.8 Å². The highest BCUT2D eigenvalue weighted by molar-refractivity contribution is 8.00. The molecule has 0 saturated carbocycles. The van der Waals surface area contributed by atoms with Gasteiger partial charge in [-0.15, -0.1) is 4.91 Å². The Labute approximate surface area is 70.9 Å². The zero-order valence-electron chi connectivity index (χ0n) is 7.25. The summed E-state index contributed by atoms with van der Waals surface area (Å²) in [5.74, 6) is -0.167. The Balaban J connectivity index is 4.48. The first-order valence-corrected chi connectivity index (χ1v) is 4.56. The van der Waals surface area contributed by atoms with Crippen molar-refractivity contribution >= 4 is 17.5 Å². The van der Waals surface area contributed by atoms with E-state index < -0.39 is 6.04 Å². The lowest BCUT2D eigenvalue weighted by Gasteiger charge is -2.24. The van der Waals surface area contributed by atoms with Gasteiger partial charge in [0.1, 0.15) is 0 Å². The van der Waals surface area contributed by atoms with Crippen molar-refractivity contribution in [1.29, 1.82) is 0 Å². The lowest BCUT2D eigenvalue weighted by atomic mass is 10.0. The molecule has 0 aliphatic carbocycles. The molecule has 0 bridgehead atoms. The average Bonchev–Trinajstić information content (AvgIpc) is 1.88. The van der Waals surface area contributed by atoms with E-state index in [1.165, 1.54) is 18.7 Å². The highest BCUT2D eigenvalue weighted by atomic mass is 32.2. The van der Waals surface area contributed by atoms with Gasteiger partial charge in [-0.2, -0.15) is 11.8 Å². The Morgan fingerprint density at radius 3 is 2.09 bits per heavy atom. The SMILES string of the molecule is CSC(C)(C)[C@H](N=O)C(C)=O. The van der Waals surface area contributed by atoms with Crippen molar-refractivity contribution in [3.8, 4) is 0 Å². The van der Waals surface area contributed by atoms with Crippen LogP contribution in [0, 0.1) is 4.91 Å². The lowest BCUT2D eigenvalue weighted by Crippen LogP contribution is -2.36. The van der Waals surface area contributed by atoms with E-state index in [1.54, 1.807) is 0 Å². The van der Waals surface area contributed by atoms with E-state index in [0.29, 0.717) is 0 Å². The predicted molar refractivity (Wildman–Crippen MR) is 47.9 cm³/mol. The van der Waals surface area contributed by atoms with Crippen molar-refractivity contribution in [2.24, 2.45) is 5.18 Å². The predicted octanol–water partition coefficient (Wildman–Crippen LogP) is 1.85. The molecule has 0 rings (SSSR count). The van der Waals surface area contributed by atoms with Gasteiger partial charge in [0.15, 0.2) is 11.8 Å². The number of nitrogens with zero attached hydrogens (tertiary/aromatic N) is 1. The molecule has 0 aliphatic heterocycles. The second-order valence-corrected chi connectivity index (χ2v) is 4.39. The second-order valence-electron chi connectivity index (χ2n) is 2.93. The molecule has 0 spiro atoms. The topological polar surface area (TPSA) is 46.5 Å². The maximum absolute atomic E-state index is 10.9. The normalized spacial score (nSPS) is 14.2. The fourth-order valence-corrected chi connectivity index (χ4v) is 1.23. The van der Waals surface area contributed by atoms with Gasteiger partial charge in [-0.3, -0.25) is 4.79 Å². The number of carbonyl (C=O) groups excluding carboxylic acids is 1. The van der Waals surface area contributed by atoms with Gasteiger partial charge in [-0.05, 0) is 27.0 Å². The first kappa shape index (κ1) is 10.6. The molecule has 64 valence electrons. The Hall–Kier alpha value is -0.380. The summed E-state index contributed by atoms with van der Waals surface area (Å²) < 4.78 is -0.381. The van der Waals surface area contributed by atoms with Crippen LogP contribution in [0.5, 0.6) is 0 Å². The molecule has 4 heteroatoms. The summed E-state index contributed by atoms with van der Waals surface area (Å²) in [5.41, 5.74) is 0. The minimum Gasteiger partial charge on any atom is -0.297 e. The van der Waals surface area contributed by atoms with E-state index in [-0.39, 0.29) is 10.5 Å². The van der Waals surface area contributed by atoms with Gasteiger partial charge in [0.2, 0.25) is 0 Å². The van der Waals surface area contributed by atoms with Crippen LogP contribution in [0.3, 0.4) is 0 Å². The van der Waals surface area contributed by atoms with E-state index in [4.69, 9.17) is 0 Å². The molecule has 0 heterocycles. The van der Waals surface area contributed by atoms with Crippen LogP contribution < -0.4 is 0 Å². The number of carbonyl (C=O) groups is 1. The molecule has 1 atom stereocenters. The molecule has 0 N–H and O–H groups in total. The van der Waals surface area contributed by atoms with E-state index >= 15 is 0 Å². The summed E-state index contributed by atoms with van der Waals surface area (Å²) in [7, 11) is 0. The van der Waals surface area contributed by atoms with Gasteiger partial charge < -0.3 is 0 Å². The Bertz CT molecular complexity index is 168. The number of Topliss-reactive ketones (excluding diaryl/α,β-unsaturated/α-hetero) is 1. The summed E-state index contributed by atoms with van der Waals surface area (Å²) in [6, 6.07) is -0.725. The molecule has 0 aliphatic rings. The van der Waals surface area contributed by atoms with E-state index in [1.807, 2.05) is 20.1 Å². The van der Waals surface area contributed by atoms with Crippen molar-refractivity contribution in [3.05, 3.63) is 4.91 Å². The van der Waals surface area contributed by atoms with E-state index in [2.05, 4.69) is 5.18 Å². The molecule has 0 saturated heterocycles. The molecule has 0 unspecified atom stereocenters. The van der Waals surface area contributed by atoms with E-state index in [0.717, 1.165) is 0 Å². The van der Waals surface area contributed by atoms with Gasteiger partial charge in [-0.25, -0.2) is 0 Å². The van der Waals surface area contributed by atoms with Gasteiger partial charge >= 0.3 is 0 Å². The van der Waals surface area contributed by atoms with Crippen LogP contribution in [0.4, 0.5) is 0 Å². The lowest BCUT2D eigenvalue weighted by molar-refractivity contribution is -0.118.